The summed E-state index contributed by atoms with van der Waals surface area (Å²) in [6.45, 7) is 4.80. The third-order valence-electron chi connectivity index (χ3n) is 8.59. The Kier molecular flexibility index (Phi) is 3.64. The zero-order valence-corrected chi connectivity index (χ0v) is 14.1. The molecule has 1 nitrogen and oxygen atoms in total. The molecular formula is C20H34O. The molecule has 0 spiro atoms. The standard InChI is InChI=1S/C20H34O/c1-3-13-4-6-15-14(12-13)5-7-17-16(15)10-11-20(2)18(17)8-9-19(20)21/h13-19,21H,3-12H2,1-2H3/t13?,14?,15-,16+,17+,18-,19-,20-/m0/s1. The fourth-order valence-corrected chi connectivity index (χ4v) is 7.29. The molecule has 0 radical (unpaired) electrons. The SMILES string of the molecule is CCC1CC[C@H]2C(CC[C@@H]3[C@@H]2CC[C@]2(C)[C@@H](O)CC[C@@H]32)C1. The van der Waals surface area contributed by atoms with Crippen LogP contribution in [0, 0.1) is 40.9 Å². The Bertz CT molecular complexity index is 391. The molecule has 0 aromatic heterocycles. The van der Waals surface area contributed by atoms with Gasteiger partial charge >= 0.3 is 0 Å². The maximum absolute atomic E-state index is 10.5. The molecule has 0 bridgehead atoms. The number of aliphatic hydroxyl groups is 1. The first kappa shape index (κ1) is 14.5. The van der Waals surface area contributed by atoms with Crippen LogP contribution in [0.1, 0.15) is 78.1 Å². The van der Waals surface area contributed by atoms with Gasteiger partial charge in [-0.05, 0) is 92.3 Å². The van der Waals surface area contributed by atoms with Gasteiger partial charge in [0.05, 0.1) is 6.10 Å². The van der Waals surface area contributed by atoms with Crippen LogP contribution in [-0.2, 0) is 0 Å². The van der Waals surface area contributed by atoms with E-state index in [2.05, 4.69) is 13.8 Å². The summed E-state index contributed by atoms with van der Waals surface area (Å²) in [4.78, 5) is 0. The molecule has 1 heteroatoms. The van der Waals surface area contributed by atoms with Crippen LogP contribution in [0.15, 0.2) is 0 Å². The van der Waals surface area contributed by atoms with Gasteiger partial charge in [-0.25, -0.2) is 0 Å². The van der Waals surface area contributed by atoms with E-state index >= 15 is 0 Å². The van der Waals surface area contributed by atoms with E-state index in [1.54, 1.807) is 0 Å². The van der Waals surface area contributed by atoms with Crippen molar-refractivity contribution in [3.05, 3.63) is 0 Å². The molecule has 0 aromatic carbocycles. The van der Waals surface area contributed by atoms with Gasteiger partial charge in [0.25, 0.3) is 0 Å². The minimum atomic E-state index is -0.00278. The molecule has 4 aliphatic rings. The fourth-order valence-electron chi connectivity index (χ4n) is 7.29. The monoisotopic (exact) mass is 290 g/mol. The lowest BCUT2D eigenvalue weighted by atomic mass is 9.50. The summed E-state index contributed by atoms with van der Waals surface area (Å²) in [5.41, 5.74) is 0.272. The molecule has 4 rings (SSSR count). The van der Waals surface area contributed by atoms with Crippen molar-refractivity contribution in [2.75, 3.05) is 0 Å². The van der Waals surface area contributed by atoms with Crippen LogP contribution in [0.4, 0.5) is 0 Å². The highest BCUT2D eigenvalue weighted by Crippen LogP contribution is 2.62. The summed E-state index contributed by atoms with van der Waals surface area (Å²) in [5, 5.41) is 10.5. The summed E-state index contributed by atoms with van der Waals surface area (Å²) in [6, 6.07) is 0. The van der Waals surface area contributed by atoms with Gasteiger partial charge < -0.3 is 5.11 Å². The molecule has 21 heavy (non-hydrogen) atoms. The number of fused-ring (bicyclic) bond motifs is 5. The lowest BCUT2D eigenvalue weighted by molar-refractivity contribution is -0.0852. The second-order valence-corrected chi connectivity index (χ2v) is 9.16. The molecular weight excluding hydrogens is 256 g/mol. The van der Waals surface area contributed by atoms with E-state index in [0.717, 1.165) is 41.9 Å². The first-order valence-electron chi connectivity index (χ1n) is 9.81. The van der Waals surface area contributed by atoms with Crippen molar-refractivity contribution in [3.8, 4) is 0 Å². The van der Waals surface area contributed by atoms with Crippen molar-refractivity contribution >= 4 is 0 Å². The molecule has 8 atom stereocenters. The molecule has 4 aliphatic carbocycles. The Balaban J connectivity index is 1.53. The van der Waals surface area contributed by atoms with Gasteiger partial charge in [-0.3, -0.25) is 0 Å². The lowest BCUT2D eigenvalue weighted by Crippen LogP contribution is -2.49. The molecule has 0 aliphatic heterocycles. The molecule has 0 saturated heterocycles. The van der Waals surface area contributed by atoms with Crippen molar-refractivity contribution in [2.24, 2.45) is 40.9 Å². The van der Waals surface area contributed by atoms with Crippen molar-refractivity contribution in [1.29, 1.82) is 0 Å². The van der Waals surface area contributed by atoms with Crippen LogP contribution < -0.4 is 0 Å². The molecule has 4 fully saturated rings. The van der Waals surface area contributed by atoms with Crippen LogP contribution >= 0.6 is 0 Å². The summed E-state index contributed by atoms with van der Waals surface area (Å²) in [6.07, 6.45) is 14.1. The molecule has 0 amide bonds. The van der Waals surface area contributed by atoms with Crippen LogP contribution in [0.2, 0.25) is 0 Å². The third-order valence-corrected chi connectivity index (χ3v) is 8.59. The van der Waals surface area contributed by atoms with Gasteiger partial charge in [-0.1, -0.05) is 26.7 Å². The average molecular weight is 290 g/mol. The highest BCUT2D eigenvalue weighted by atomic mass is 16.3. The van der Waals surface area contributed by atoms with Crippen molar-refractivity contribution in [2.45, 2.75) is 84.2 Å². The molecule has 120 valence electrons. The Morgan fingerprint density at radius 2 is 1.71 bits per heavy atom. The summed E-state index contributed by atoms with van der Waals surface area (Å²) >= 11 is 0. The first-order valence-corrected chi connectivity index (χ1v) is 9.81. The molecule has 0 aromatic rings. The van der Waals surface area contributed by atoms with Gasteiger partial charge in [-0.2, -0.15) is 0 Å². The van der Waals surface area contributed by atoms with E-state index < -0.39 is 0 Å². The number of hydrogen-bond donors (Lipinski definition) is 1. The predicted molar refractivity (Wildman–Crippen MR) is 86.9 cm³/mol. The Morgan fingerprint density at radius 3 is 2.52 bits per heavy atom. The van der Waals surface area contributed by atoms with Crippen LogP contribution in [0.3, 0.4) is 0 Å². The van der Waals surface area contributed by atoms with Crippen molar-refractivity contribution < 1.29 is 5.11 Å². The fraction of sp³-hybridized carbons (Fsp3) is 1.00. The van der Waals surface area contributed by atoms with Crippen molar-refractivity contribution in [3.63, 3.8) is 0 Å². The molecule has 4 saturated carbocycles. The van der Waals surface area contributed by atoms with Crippen molar-refractivity contribution in [1.82, 2.24) is 0 Å². The minimum Gasteiger partial charge on any atom is -0.393 e. The van der Waals surface area contributed by atoms with E-state index in [0.29, 0.717) is 0 Å². The third kappa shape index (κ3) is 2.13. The second kappa shape index (κ2) is 5.25. The van der Waals surface area contributed by atoms with Gasteiger partial charge in [0, 0.05) is 0 Å². The Hall–Kier alpha value is -0.0400. The van der Waals surface area contributed by atoms with E-state index in [-0.39, 0.29) is 11.5 Å². The number of rotatable bonds is 1. The maximum Gasteiger partial charge on any atom is 0.0596 e. The highest BCUT2D eigenvalue weighted by Gasteiger charge is 2.56. The van der Waals surface area contributed by atoms with Gasteiger partial charge in [0.2, 0.25) is 0 Å². The van der Waals surface area contributed by atoms with Crippen LogP contribution in [0.25, 0.3) is 0 Å². The van der Waals surface area contributed by atoms with E-state index in [4.69, 9.17) is 0 Å². The van der Waals surface area contributed by atoms with E-state index in [1.165, 1.54) is 57.8 Å². The minimum absolute atomic E-state index is 0.00278. The zero-order chi connectivity index (χ0) is 14.6. The average Bonchev–Trinajstić information content (AvgIpc) is 2.82. The zero-order valence-electron chi connectivity index (χ0n) is 14.1. The molecule has 0 heterocycles. The van der Waals surface area contributed by atoms with E-state index in [9.17, 15) is 5.11 Å². The lowest BCUT2D eigenvalue weighted by Gasteiger charge is -2.55. The van der Waals surface area contributed by atoms with Gasteiger partial charge in [-0.15, -0.1) is 0 Å². The topological polar surface area (TPSA) is 20.2 Å². The first-order chi connectivity index (χ1) is 10.1. The maximum atomic E-state index is 10.5. The Morgan fingerprint density at radius 1 is 0.905 bits per heavy atom. The number of hydrogen-bond acceptors (Lipinski definition) is 1. The highest BCUT2D eigenvalue weighted by molar-refractivity contribution is 5.06. The quantitative estimate of drug-likeness (QED) is 0.718. The summed E-state index contributed by atoms with van der Waals surface area (Å²) in [5.74, 6) is 5.96. The summed E-state index contributed by atoms with van der Waals surface area (Å²) < 4.78 is 0. The van der Waals surface area contributed by atoms with Crippen LogP contribution in [0.5, 0.6) is 0 Å². The number of aliphatic hydroxyl groups excluding tert-OH is 1. The second-order valence-electron chi connectivity index (χ2n) is 9.16. The Labute approximate surface area is 130 Å². The van der Waals surface area contributed by atoms with Gasteiger partial charge in [0.1, 0.15) is 0 Å². The smallest absolute Gasteiger partial charge is 0.0596 e. The normalized spacial score (nSPS) is 56.4. The largest absolute Gasteiger partial charge is 0.393 e. The van der Waals surface area contributed by atoms with Gasteiger partial charge in [0.15, 0.2) is 0 Å². The predicted octanol–water partition coefficient (Wildman–Crippen LogP) is 5.03. The molecule has 2 unspecified atom stereocenters. The summed E-state index contributed by atoms with van der Waals surface area (Å²) in [7, 11) is 0. The van der Waals surface area contributed by atoms with E-state index in [1.807, 2.05) is 0 Å². The molecule has 1 N–H and O–H groups in total. The van der Waals surface area contributed by atoms with Crippen LogP contribution in [-0.4, -0.2) is 11.2 Å².